The monoisotopic (exact) mass is 303 g/mol. The average Bonchev–Trinajstić information content (AvgIpc) is 3.01. The Kier molecular flexibility index (Phi) is 5.33. The van der Waals surface area contributed by atoms with E-state index in [9.17, 15) is 4.79 Å². The minimum Gasteiger partial charge on any atom is -0.370 e. The zero-order chi connectivity index (χ0) is 15.2. The molecule has 2 rings (SSSR count). The van der Waals surface area contributed by atoms with Crippen molar-refractivity contribution in [3.05, 3.63) is 46.4 Å². The van der Waals surface area contributed by atoms with E-state index in [4.69, 9.17) is 0 Å². The van der Waals surface area contributed by atoms with Crippen LogP contribution in [-0.2, 0) is 6.42 Å². The second-order valence-corrected chi connectivity index (χ2v) is 6.09. The summed E-state index contributed by atoms with van der Waals surface area (Å²) >= 11 is 1.46. The van der Waals surface area contributed by atoms with Gasteiger partial charge in [0, 0.05) is 25.3 Å². The second-order valence-electron chi connectivity index (χ2n) is 4.98. The third-order valence-corrected chi connectivity index (χ3v) is 4.60. The van der Waals surface area contributed by atoms with Gasteiger partial charge in [0.15, 0.2) is 0 Å². The number of benzene rings is 1. The van der Waals surface area contributed by atoms with E-state index in [0.717, 1.165) is 17.1 Å². The molecule has 0 aliphatic carbocycles. The highest BCUT2D eigenvalue weighted by atomic mass is 32.1. The lowest BCUT2D eigenvalue weighted by molar-refractivity contribution is 0.0955. The molecule has 2 aromatic rings. The maximum absolute atomic E-state index is 12.1. The van der Waals surface area contributed by atoms with Crippen molar-refractivity contribution in [2.45, 2.75) is 26.3 Å². The first kappa shape index (κ1) is 15.5. The fraction of sp³-hybridized carbons (Fsp3) is 0.375. The van der Waals surface area contributed by atoms with Gasteiger partial charge >= 0.3 is 0 Å². The van der Waals surface area contributed by atoms with Gasteiger partial charge in [0.2, 0.25) is 0 Å². The van der Waals surface area contributed by atoms with Crippen molar-refractivity contribution < 1.29 is 4.79 Å². The minimum absolute atomic E-state index is 0.0412. The van der Waals surface area contributed by atoms with E-state index < -0.39 is 0 Å². The molecule has 0 bridgehead atoms. The summed E-state index contributed by atoms with van der Waals surface area (Å²) in [4.78, 5) is 19.1. The number of likely N-dealkylation sites (N-methyl/N-ethyl adjacent to an activating group) is 1. The summed E-state index contributed by atoms with van der Waals surface area (Å²) in [7, 11) is 2.04. The number of aryl methyl sites for hydroxylation is 1. The molecule has 4 nitrogen and oxygen atoms in total. The van der Waals surface area contributed by atoms with Gasteiger partial charge in [-0.3, -0.25) is 4.79 Å². The zero-order valence-corrected chi connectivity index (χ0v) is 13.5. The number of aromatic nitrogens is 1. The van der Waals surface area contributed by atoms with Crippen molar-refractivity contribution in [1.29, 1.82) is 0 Å². The number of hydrogen-bond donors (Lipinski definition) is 1. The van der Waals surface area contributed by atoms with Crippen molar-refractivity contribution in [3.8, 4) is 0 Å². The quantitative estimate of drug-likeness (QED) is 0.892. The van der Waals surface area contributed by atoms with Gasteiger partial charge in [-0.25, -0.2) is 4.98 Å². The van der Waals surface area contributed by atoms with Crippen LogP contribution in [0.2, 0.25) is 0 Å². The van der Waals surface area contributed by atoms with Crippen LogP contribution in [0, 0.1) is 0 Å². The van der Waals surface area contributed by atoms with Crippen LogP contribution < -0.4 is 10.2 Å². The summed E-state index contributed by atoms with van der Waals surface area (Å²) in [5.74, 6) is -0.0412. The van der Waals surface area contributed by atoms with E-state index in [1.807, 2.05) is 32.2 Å². The number of anilines is 1. The fourth-order valence-electron chi connectivity index (χ4n) is 1.96. The number of carbonyl (C=O) groups is 1. The minimum atomic E-state index is -0.0412. The van der Waals surface area contributed by atoms with E-state index in [0.29, 0.717) is 11.4 Å². The largest absolute Gasteiger partial charge is 0.370 e. The summed E-state index contributed by atoms with van der Waals surface area (Å²) in [6, 6.07) is 10.4. The van der Waals surface area contributed by atoms with E-state index >= 15 is 0 Å². The lowest BCUT2D eigenvalue weighted by Crippen LogP contribution is -2.40. The van der Waals surface area contributed by atoms with Crippen LogP contribution in [0.5, 0.6) is 0 Å². The Labute approximate surface area is 129 Å². The van der Waals surface area contributed by atoms with Gasteiger partial charge in [0.25, 0.3) is 5.91 Å². The topological polar surface area (TPSA) is 45.2 Å². The van der Waals surface area contributed by atoms with Crippen molar-refractivity contribution in [2.75, 3.05) is 18.5 Å². The average molecular weight is 303 g/mol. The van der Waals surface area contributed by atoms with Crippen molar-refractivity contribution in [1.82, 2.24) is 10.3 Å². The fourth-order valence-corrected chi connectivity index (χ4v) is 2.73. The van der Waals surface area contributed by atoms with Crippen LogP contribution in [-0.4, -0.2) is 30.5 Å². The predicted octanol–water partition coefficient (Wildman–Crippen LogP) is 2.96. The summed E-state index contributed by atoms with van der Waals surface area (Å²) in [5, 5.41) is 3.97. The molecule has 1 aromatic carbocycles. The molecule has 5 heteroatoms. The Morgan fingerprint density at radius 3 is 2.71 bits per heavy atom. The Morgan fingerprint density at radius 1 is 1.38 bits per heavy atom. The summed E-state index contributed by atoms with van der Waals surface area (Å²) in [5.41, 5.74) is 1.14. The number of nitrogens with one attached hydrogen (secondary N) is 1. The van der Waals surface area contributed by atoms with Crippen molar-refractivity contribution >= 4 is 22.9 Å². The molecule has 0 fully saturated rings. The second kappa shape index (κ2) is 7.22. The van der Waals surface area contributed by atoms with Gasteiger partial charge in [-0.1, -0.05) is 25.1 Å². The van der Waals surface area contributed by atoms with Gasteiger partial charge in [-0.15, -0.1) is 11.3 Å². The van der Waals surface area contributed by atoms with E-state index in [1.54, 1.807) is 6.20 Å². The molecular formula is C16H21N3OS. The number of para-hydroxylation sites is 1. The van der Waals surface area contributed by atoms with E-state index in [2.05, 4.69) is 34.3 Å². The maximum Gasteiger partial charge on any atom is 0.263 e. The molecule has 1 N–H and O–H groups in total. The molecule has 112 valence electrons. The molecule has 0 saturated heterocycles. The molecule has 1 aromatic heterocycles. The molecule has 1 heterocycles. The van der Waals surface area contributed by atoms with Crippen molar-refractivity contribution in [3.63, 3.8) is 0 Å². The molecule has 0 aliphatic heterocycles. The molecule has 0 aliphatic rings. The first-order valence-electron chi connectivity index (χ1n) is 7.12. The van der Waals surface area contributed by atoms with Gasteiger partial charge in [0.05, 0.1) is 11.2 Å². The van der Waals surface area contributed by atoms with E-state index in [1.165, 1.54) is 11.3 Å². The summed E-state index contributed by atoms with van der Waals surface area (Å²) in [6.07, 6.45) is 2.52. The van der Waals surface area contributed by atoms with E-state index in [-0.39, 0.29) is 11.9 Å². The Morgan fingerprint density at radius 2 is 2.10 bits per heavy atom. The van der Waals surface area contributed by atoms with Crippen LogP contribution >= 0.6 is 11.3 Å². The Hall–Kier alpha value is -1.88. The lowest BCUT2D eigenvalue weighted by atomic mass is 10.2. The van der Waals surface area contributed by atoms with Crippen LogP contribution in [0.25, 0.3) is 0 Å². The number of carbonyl (C=O) groups excluding carboxylic acids is 1. The molecule has 0 radical (unpaired) electrons. The number of nitrogens with zero attached hydrogens (tertiary/aromatic N) is 2. The lowest BCUT2D eigenvalue weighted by Gasteiger charge is -2.27. The molecular weight excluding hydrogens is 282 g/mol. The first-order chi connectivity index (χ1) is 10.1. The van der Waals surface area contributed by atoms with Gasteiger partial charge in [0.1, 0.15) is 4.88 Å². The Balaban J connectivity index is 1.88. The van der Waals surface area contributed by atoms with Gasteiger partial charge in [-0.05, 0) is 25.5 Å². The van der Waals surface area contributed by atoms with Crippen LogP contribution in [0.15, 0.2) is 36.5 Å². The SMILES string of the molecule is CCc1ncc(C(=O)NCC(C)N(C)c2ccccc2)s1. The maximum atomic E-state index is 12.1. The third-order valence-electron chi connectivity index (χ3n) is 3.46. The highest BCUT2D eigenvalue weighted by Gasteiger charge is 2.14. The normalized spacial score (nSPS) is 12.0. The highest BCUT2D eigenvalue weighted by molar-refractivity contribution is 7.13. The highest BCUT2D eigenvalue weighted by Crippen LogP contribution is 2.15. The van der Waals surface area contributed by atoms with Crippen LogP contribution in [0.1, 0.15) is 28.5 Å². The first-order valence-corrected chi connectivity index (χ1v) is 7.94. The van der Waals surface area contributed by atoms with Crippen molar-refractivity contribution in [2.24, 2.45) is 0 Å². The molecule has 21 heavy (non-hydrogen) atoms. The molecule has 1 amide bonds. The molecule has 1 unspecified atom stereocenters. The standard InChI is InChI=1S/C16H21N3OS/c1-4-15-17-11-14(21-15)16(20)18-10-12(2)19(3)13-8-6-5-7-9-13/h5-9,11-12H,4,10H2,1-3H3,(H,18,20). The summed E-state index contributed by atoms with van der Waals surface area (Å²) < 4.78 is 0. The molecule has 1 atom stereocenters. The summed E-state index contributed by atoms with van der Waals surface area (Å²) in [6.45, 7) is 4.73. The predicted molar refractivity (Wildman–Crippen MR) is 88.1 cm³/mol. The molecule has 0 saturated carbocycles. The zero-order valence-electron chi connectivity index (χ0n) is 12.7. The Bertz CT molecular complexity index is 582. The van der Waals surface area contributed by atoms with Crippen LogP contribution in [0.3, 0.4) is 0 Å². The number of amides is 1. The molecule has 0 spiro atoms. The van der Waals surface area contributed by atoms with Gasteiger partial charge < -0.3 is 10.2 Å². The number of thiazole rings is 1. The number of hydrogen-bond acceptors (Lipinski definition) is 4. The number of rotatable bonds is 6. The third kappa shape index (κ3) is 4.04. The van der Waals surface area contributed by atoms with Gasteiger partial charge in [-0.2, -0.15) is 0 Å². The smallest absolute Gasteiger partial charge is 0.263 e. The van der Waals surface area contributed by atoms with Crippen LogP contribution in [0.4, 0.5) is 5.69 Å².